The molecule has 3 aromatic rings. The molecule has 0 saturated heterocycles. The summed E-state index contributed by atoms with van der Waals surface area (Å²) in [7, 11) is 0. The maximum Gasteiger partial charge on any atom is 0.416 e. The molecule has 2 N–H and O–H groups in total. The summed E-state index contributed by atoms with van der Waals surface area (Å²) in [5, 5.41) is 9.87. The number of halogens is 3. The zero-order valence-corrected chi connectivity index (χ0v) is 17.5. The molecule has 0 unspecified atom stereocenters. The summed E-state index contributed by atoms with van der Waals surface area (Å²) in [5.41, 5.74) is 0.741. The first-order valence-electron chi connectivity index (χ1n) is 10.4. The number of alkyl halides is 3. The first-order valence-corrected chi connectivity index (χ1v) is 10.4. The first kappa shape index (κ1) is 22.8. The molecule has 0 radical (unpaired) electrons. The van der Waals surface area contributed by atoms with Crippen LogP contribution in [0.4, 0.5) is 13.2 Å². The second-order valence-electron chi connectivity index (χ2n) is 7.36. The van der Waals surface area contributed by atoms with E-state index in [2.05, 4.69) is 27.4 Å². The predicted octanol–water partition coefficient (Wildman–Crippen LogP) is 5.66. The normalized spacial score (nSPS) is 12.6. The molecule has 8 heteroatoms. The third-order valence-corrected chi connectivity index (χ3v) is 4.95. The van der Waals surface area contributed by atoms with Gasteiger partial charge in [-0.1, -0.05) is 50.5 Å². The minimum absolute atomic E-state index is 0.443. The molecule has 0 amide bonds. The quantitative estimate of drug-likeness (QED) is 0.384. The van der Waals surface area contributed by atoms with Crippen molar-refractivity contribution in [1.82, 2.24) is 20.5 Å². The highest BCUT2D eigenvalue weighted by Crippen LogP contribution is 2.31. The fourth-order valence-corrected chi connectivity index (χ4v) is 3.26. The molecule has 1 heterocycles. The maximum absolute atomic E-state index is 13.1. The molecule has 2 aromatic carbocycles. The van der Waals surface area contributed by atoms with Crippen LogP contribution in [0.5, 0.6) is 5.75 Å². The van der Waals surface area contributed by atoms with Crippen LogP contribution in [0, 0.1) is 0 Å². The van der Waals surface area contributed by atoms with Crippen molar-refractivity contribution < 1.29 is 17.9 Å². The largest absolute Gasteiger partial charge is 0.494 e. The van der Waals surface area contributed by atoms with E-state index in [4.69, 9.17) is 4.74 Å². The van der Waals surface area contributed by atoms with Crippen molar-refractivity contribution in [3.63, 3.8) is 0 Å². The van der Waals surface area contributed by atoms with Crippen LogP contribution >= 0.6 is 0 Å². The lowest BCUT2D eigenvalue weighted by molar-refractivity contribution is -0.137. The topological polar surface area (TPSA) is 62.8 Å². The third kappa shape index (κ3) is 6.82. The Morgan fingerprint density at radius 1 is 1.06 bits per heavy atom. The van der Waals surface area contributed by atoms with Gasteiger partial charge in [-0.15, -0.1) is 0 Å². The lowest BCUT2D eigenvalue weighted by atomic mass is 10.0. The van der Waals surface area contributed by atoms with E-state index >= 15 is 0 Å². The first-order chi connectivity index (χ1) is 15.0. The van der Waals surface area contributed by atoms with Gasteiger partial charge in [-0.25, -0.2) is 4.98 Å². The molecule has 0 spiro atoms. The van der Waals surface area contributed by atoms with Crippen molar-refractivity contribution in [2.24, 2.45) is 0 Å². The van der Waals surface area contributed by atoms with Gasteiger partial charge in [-0.3, -0.25) is 10.4 Å². The number of aromatic amines is 1. The number of benzene rings is 2. The number of H-pyrrole nitrogens is 1. The van der Waals surface area contributed by atoms with Gasteiger partial charge >= 0.3 is 6.18 Å². The molecule has 166 valence electrons. The Bertz CT molecular complexity index is 911. The average Bonchev–Trinajstić information content (AvgIpc) is 3.29. The van der Waals surface area contributed by atoms with Crippen molar-refractivity contribution in [2.75, 3.05) is 6.61 Å². The van der Waals surface area contributed by atoms with Crippen molar-refractivity contribution >= 4 is 0 Å². The number of nitrogens with zero attached hydrogens (tertiary/aromatic N) is 2. The highest BCUT2D eigenvalue weighted by Gasteiger charge is 2.31. The molecule has 0 aliphatic heterocycles. The monoisotopic (exact) mass is 432 g/mol. The second-order valence-corrected chi connectivity index (χ2v) is 7.36. The molecule has 3 rings (SSSR count). The summed E-state index contributed by atoms with van der Waals surface area (Å²) in [4.78, 5) is 4.14. The van der Waals surface area contributed by atoms with Gasteiger partial charge in [0.05, 0.1) is 18.2 Å². The summed E-state index contributed by atoms with van der Waals surface area (Å²) in [6.45, 7) is 3.31. The molecule has 0 aliphatic rings. The van der Waals surface area contributed by atoms with Gasteiger partial charge in [0.15, 0.2) is 0 Å². The summed E-state index contributed by atoms with van der Waals surface area (Å²) in [6.07, 6.45) is 1.53. The van der Waals surface area contributed by atoms with Crippen molar-refractivity contribution in [2.45, 2.75) is 51.4 Å². The molecule has 31 heavy (non-hydrogen) atoms. The summed E-state index contributed by atoms with van der Waals surface area (Å²) >= 11 is 0. The van der Waals surface area contributed by atoms with Gasteiger partial charge < -0.3 is 4.74 Å². The van der Waals surface area contributed by atoms with E-state index in [0.29, 0.717) is 24.5 Å². The zero-order chi connectivity index (χ0) is 22.1. The number of nitrogens with one attached hydrogen (secondary N) is 2. The van der Waals surface area contributed by atoms with E-state index < -0.39 is 17.8 Å². The van der Waals surface area contributed by atoms with Gasteiger partial charge in [-0.2, -0.15) is 18.3 Å². The van der Waals surface area contributed by atoms with Gasteiger partial charge in [0.2, 0.25) is 0 Å². The Balaban J connectivity index is 1.64. The van der Waals surface area contributed by atoms with Crippen LogP contribution in [0.25, 0.3) is 0 Å². The number of unbranched alkanes of at least 4 members (excludes halogenated alkanes) is 3. The van der Waals surface area contributed by atoms with Gasteiger partial charge in [0.25, 0.3) is 0 Å². The smallest absolute Gasteiger partial charge is 0.416 e. The van der Waals surface area contributed by atoms with E-state index in [1.807, 2.05) is 24.3 Å². The van der Waals surface area contributed by atoms with Crippen molar-refractivity contribution in [3.8, 4) is 5.75 Å². The van der Waals surface area contributed by atoms with Crippen LogP contribution in [-0.4, -0.2) is 21.8 Å². The van der Waals surface area contributed by atoms with Crippen molar-refractivity contribution in [1.29, 1.82) is 0 Å². The molecule has 0 aliphatic carbocycles. The Hall–Kier alpha value is -2.87. The van der Waals surface area contributed by atoms with Crippen molar-refractivity contribution in [3.05, 3.63) is 77.4 Å². The Morgan fingerprint density at radius 3 is 2.55 bits per heavy atom. The molecule has 1 aromatic heterocycles. The van der Waals surface area contributed by atoms with E-state index in [9.17, 15) is 13.2 Å². The Labute approximate surface area is 180 Å². The molecular weight excluding hydrogens is 405 g/mol. The van der Waals surface area contributed by atoms with Gasteiger partial charge in [0, 0.05) is 6.54 Å². The summed E-state index contributed by atoms with van der Waals surface area (Å²) in [6, 6.07) is 12.4. The number of rotatable bonds is 11. The Morgan fingerprint density at radius 2 is 1.87 bits per heavy atom. The fourth-order valence-electron chi connectivity index (χ4n) is 3.26. The van der Waals surface area contributed by atoms with Crippen LogP contribution in [-0.2, 0) is 12.7 Å². The lowest BCUT2D eigenvalue weighted by Crippen LogP contribution is -2.23. The molecule has 0 fully saturated rings. The minimum Gasteiger partial charge on any atom is -0.494 e. The van der Waals surface area contributed by atoms with E-state index in [0.717, 1.165) is 36.3 Å². The minimum atomic E-state index is -4.41. The predicted molar refractivity (Wildman–Crippen MR) is 113 cm³/mol. The van der Waals surface area contributed by atoms with E-state index in [1.165, 1.54) is 25.2 Å². The molecular formula is C23H27F3N4O. The van der Waals surface area contributed by atoms with Crippen LogP contribution in [0.3, 0.4) is 0 Å². The molecule has 5 nitrogen and oxygen atoms in total. The van der Waals surface area contributed by atoms with E-state index in [1.54, 1.807) is 6.07 Å². The average molecular weight is 432 g/mol. The molecule has 0 bridgehead atoms. The van der Waals surface area contributed by atoms with Gasteiger partial charge in [-0.05, 0) is 41.8 Å². The fraction of sp³-hybridized carbons (Fsp3) is 0.391. The lowest BCUT2D eigenvalue weighted by Gasteiger charge is -2.18. The van der Waals surface area contributed by atoms with Crippen LogP contribution in [0.15, 0.2) is 54.9 Å². The molecule has 0 saturated carbocycles. The number of ether oxygens (including phenoxy) is 1. The summed E-state index contributed by atoms with van der Waals surface area (Å²) < 4.78 is 45.2. The van der Waals surface area contributed by atoms with E-state index in [-0.39, 0.29) is 0 Å². The van der Waals surface area contributed by atoms with Crippen LogP contribution < -0.4 is 10.1 Å². The highest BCUT2D eigenvalue weighted by atomic mass is 19.4. The summed E-state index contributed by atoms with van der Waals surface area (Å²) in [5.74, 6) is 1.26. The zero-order valence-electron chi connectivity index (χ0n) is 17.5. The van der Waals surface area contributed by atoms with Crippen LogP contribution in [0.2, 0.25) is 0 Å². The number of aromatic nitrogens is 3. The SMILES string of the molecule is CCCCCCOc1ccc(CN[C@H](c2cccc(C(F)(F)F)c2)c2ncn[nH]2)cc1. The highest BCUT2D eigenvalue weighted by molar-refractivity contribution is 5.32. The maximum atomic E-state index is 13.1. The van der Waals surface area contributed by atoms with Gasteiger partial charge in [0.1, 0.15) is 17.9 Å². The number of hydrogen-bond donors (Lipinski definition) is 2. The second kappa shape index (κ2) is 10.9. The standard InChI is InChI=1S/C23H27F3N4O/c1-2-3-4-5-13-31-20-11-9-17(10-12-20)15-27-21(22-28-16-29-30-22)18-7-6-8-19(14-18)23(24,25)26/h6-12,14,16,21,27H,2-5,13,15H2,1H3,(H,28,29,30)/t21-/m1/s1. The third-order valence-electron chi connectivity index (χ3n) is 4.95. The molecule has 1 atom stereocenters. The number of hydrogen-bond acceptors (Lipinski definition) is 4. The Kier molecular flexibility index (Phi) is 8.06. The van der Waals surface area contributed by atoms with Crippen LogP contribution in [0.1, 0.15) is 61.2 Å².